The SMILES string of the molecule is C=C(Cl)C(=O)OC(O)CCC. The third-order valence-electron chi connectivity index (χ3n) is 1.00. The fraction of sp³-hybridized carbons (Fsp3) is 0.571. The van der Waals surface area contributed by atoms with Gasteiger partial charge in [0.2, 0.25) is 6.29 Å². The number of esters is 1. The minimum atomic E-state index is -1.07. The highest BCUT2D eigenvalue weighted by Crippen LogP contribution is 2.04. The molecular formula is C7H11ClO3. The Labute approximate surface area is 70.6 Å². The minimum absolute atomic E-state index is 0.222. The van der Waals surface area contributed by atoms with Crippen LogP contribution in [0.4, 0.5) is 0 Å². The average Bonchev–Trinajstić information content (AvgIpc) is 1.87. The normalized spacial score (nSPS) is 12.3. The van der Waals surface area contributed by atoms with Crippen LogP contribution in [-0.4, -0.2) is 17.4 Å². The Morgan fingerprint density at radius 3 is 2.73 bits per heavy atom. The van der Waals surface area contributed by atoms with Crippen LogP contribution in [0, 0.1) is 0 Å². The summed E-state index contributed by atoms with van der Waals surface area (Å²) in [4.78, 5) is 10.6. The van der Waals surface area contributed by atoms with Gasteiger partial charge in [-0.05, 0) is 0 Å². The molecule has 0 bridgehead atoms. The monoisotopic (exact) mass is 178 g/mol. The van der Waals surface area contributed by atoms with Gasteiger partial charge in [0.1, 0.15) is 5.03 Å². The molecule has 0 saturated heterocycles. The molecule has 0 aliphatic rings. The molecule has 0 aromatic rings. The van der Waals surface area contributed by atoms with Gasteiger partial charge in [0.15, 0.2) is 0 Å². The van der Waals surface area contributed by atoms with Crippen LogP contribution in [-0.2, 0) is 9.53 Å². The summed E-state index contributed by atoms with van der Waals surface area (Å²) in [5.74, 6) is -0.771. The Hall–Kier alpha value is -0.540. The topological polar surface area (TPSA) is 46.5 Å². The Morgan fingerprint density at radius 2 is 2.36 bits per heavy atom. The summed E-state index contributed by atoms with van der Waals surface area (Å²) in [7, 11) is 0. The second kappa shape index (κ2) is 5.16. The fourth-order valence-corrected chi connectivity index (χ4v) is 0.538. The molecule has 1 atom stereocenters. The van der Waals surface area contributed by atoms with E-state index in [1.54, 1.807) is 0 Å². The maximum Gasteiger partial charge on any atom is 0.351 e. The van der Waals surface area contributed by atoms with Crippen LogP contribution >= 0.6 is 11.6 Å². The van der Waals surface area contributed by atoms with Crippen LogP contribution in [0.25, 0.3) is 0 Å². The zero-order chi connectivity index (χ0) is 8.85. The van der Waals surface area contributed by atoms with Gasteiger partial charge in [-0.25, -0.2) is 4.79 Å². The molecule has 64 valence electrons. The van der Waals surface area contributed by atoms with Crippen molar-refractivity contribution in [3.8, 4) is 0 Å². The lowest BCUT2D eigenvalue weighted by atomic mass is 10.3. The number of aliphatic hydroxyl groups excluding tert-OH is 1. The third-order valence-corrected chi connectivity index (χ3v) is 1.15. The Kier molecular flexibility index (Phi) is 4.90. The van der Waals surface area contributed by atoms with Gasteiger partial charge in [0, 0.05) is 6.42 Å². The zero-order valence-electron chi connectivity index (χ0n) is 6.34. The summed E-state index contributed by atoms with van der Waals surface area (Å²) >= 11 is 5.19. The number of rotatable bonds is 4. The predicted octanol–water partition coefficient (Wildman–Crippen LogP) is 1.40. The largest absolute Gasteiger partial charge is 0.432 e. The summed E-state index contributed by atoms with van der Waals surface area (Å²) in [5.41, 5.74) is 0. The maximum atomic E-state index is 10.6. The quantitative estimate of drug-likeness (QED) is 0.402. The van der Waals surface area contributed by atoms with Crippen molar-refractivity contribution in [2.24, 2.45) is 0 Å². The molecule has 0 amide bonds. The van der Waals surface area contributed by atoms with Crippen molar-refractivity contribution in [2.45, 2.75) is 26.1 Å². The number of hydrogen-bond donors (Lipinski definition) is 1. The van der Waals surface area contributed by atoms with Crippen molar-refractivity contribution in [1.29, 1.82) is 0 Å². The predicted molar refractivity (Wildman–Crippen MR) is 42.0 cm³/mol. The van der Waals surface area contributed by atoms with E-state index < -0.39 is 12.3 Å². The lowest BCUT2D eigenvalue weighted by Gasteiger charge is -2.09. The number of carbonyl (C=O) groups is 1. The van der Waals surface area contributed by atoms with Gasteiger partial charge in [-0.3, -0.25) is 0 Å². The standard InChI is InChI=1S/C7H11ClO3/c1-3-4-6(9)11-7(10)5(2)8/h6,9H,2-4H2,1H3. The molecule has 4 heteroatoms. The molecule has 0 aliphatic carbocycles. The van der Waals surface area contributed by atoms with E-state index in [1.807, 2.05) is 6.92 Å². The van der Waals surface area contributed by atoms with Gasteiger partial charge in [-0.15, -0.1) is 0 Å². The molecule has 11 heavy (non-hydrogen) atoms. The number of halogens is 1. The van der Waals surface area contributed by atoms with E-state index in [9.17, 15) is 4.79 Å². The first-order valence-corrected chi connectivity index (χ1v) is 3.69. The lowest BCUT2D eigenvalue weighted by Crippen LogP contribution is -2.16. The van der Waals surface area contributed by atoms with Crippen LogP contribution in [0.15, 0.2) is 11.6 Å². The summed E-state index contributed by atoms with van der Waals surface area (Å²) < 4.78 is 4.44. The van der Waals surface area contributed by atoms with Crippen molar-refractivity contribution < 1.29 is 14.6 Å². The van der Waals surface area contributed by atoms with E-state index in [0.717, 1.165) is 6.42 Å². The maximum absolute atomic E-state index is 10.6. The van der Waals surface area contributed by atoms with Gasteiger partial charge in [-0.1, -0.05) is 31.5 Å². The van der Waals surface area contributed by atoms with Gasteiger partial charge >= 0.3 is 5.97 Å². The lowest BCUT2D eigenvalue weighted by molar-refractivity contribution is -0.162. The van der Waals surface area contributed by atoms with Crippen molar-refractivity contribution in [1.82, 2.24) is 0 Å². The fourth-order valence-electron chi connectivity index (χ4n) is 0.493. The van der Waals surface area contributed by atoms with Crippen molar-refractivity contribution in [3.63, 3.8) is 0 Å². The molecule has 0 fully saturated rings. The van der Waals surface area contributed by atoms with Gasteiger partial charge in [0.05, 0.1) is 0 Å². The molecule has 0 rings (SSSR count). The molecule has 0 aliphatic heterocycles. The smallest absolute Gasteiger partial charge is 0.351 e. The van der Waals surface area contributed by atoms with Crippen molar-refractivity contribution in [2.75, 3.05) is 0 Å². The summed E-state index contributed by atoms with van der Waals surface area (Å²) in [6.07, 6.45) is 0.0852. The number of ether oxygens (including phenoxy) is 1. The highest BCUT2D eigenvalue weighted by atomic mass is 35.5. The highest BCUT2D eigenvalue weighted by molar-refractivity contribution is 6.40. The first-order chi connectivity index (χ1) is 5.07. The molecule has 0 radical (unpaired) electrons. The minimum Gasteiger partial charge on any atom is -0.432 e. The first-order valence-electron chi connectivity index (χ1n) is 3.31. The zero-order valence-corrected chi connectivity index (χ0v) is 7.10. The molecule has 0 saturated carbocycles. The van der Waals surface area contributed by atoms with Crippen LogP contribution < -0.4 is 0 Å². The van der Waals surface area contributed by atoms with Gasteiger partial charge in [-0.2, -0.15) is 0 Å². The van der Waals surface area contributed by atoms with E-state index in [4.69, 9.17) is 16.7 Å². The Bertz CT molecular complexity index is 156. The Balaban J connectivity index is 3.66. The summed E-state index contributed by atoms with van der Waals surface area (Å²) in [6.45, 7) is 5.02. The second-order valence-corrected chi connectivity index (χ2v) is 2.51. The molecule has 1 unspecified atom stereocenters. The van der Waals surface area contributed by atoms with Crippen molar-refractivity contribution >= 4 is 17.6 Å². The van der Waals surface area contributed by atoms with Crippen LogP contribution in [0.3, 0.4) is 0 Å². The van der Waals surface area contributed by atoms with E-state index in [1.165, 1.54) is 0 Å². The van der Waals surface area contributed by atoms with Crippen LogP contribution in [0.1, 0.15) is 19.8 Å². The number of carbonyl (C=O) groups excluding carboxylic acids is 1. The van der Waals surface area contributed by atoms with E-state index in [2.05, 4.69) is 11.3 Å². The first kappa shape index (κ1) is 10.5. The second-order valence-electron chi connectivity index (χ2n) is 2.05. The Morgan fingerprint density at radius 1 is 1.82 bits per heavy atom. The van der Waals surface area contributed by atoms with E-state index in [0.29, 0.717) is 6.42 Å². The molecule has 0 spiro atoms. The van der Waals surface area contributed by atoms with E-state index in [-0.39, 0.29) is 5.03 Å². The van der Waals surface area contributed by atoms with Crippen LogP contribution in [0.5, 0.6) is 0 Å². The molecule has 0 aromatic carbocycles. The van der Waals surface area contributed by atoms with Crippen molar-refractivity contribution in [3.05, 3.63) is 11.6 Å². The molecule has 0 aromatic heterocycles. The molecule has 0 heterocycles. The van der Waals surface area contributed by atoms with Gasteiger partial charge in [0.25, 0.3) is 0 Å². The van der Waals surface area contributed by atoms with Gasteiger partial charge < -0.3 is 9.84 Å². The molecule has 3 nitrogen and oxygen atoms in total. The third kappa shape index (κ3) is 4.81. The van der Waals surface area contributed by atoms with Crippen LogP contribution in [0.2, 0.25) is 0 Å². The highest BCUT2D eigenvalue weighted by Gasteiger charge is 2.10. The van der Waals surface area contributed by atoms with E-state index >= 15 is 0 Å². The number of aliphatic hydroxyl groups is 1. The average molecular weight is 179 g/mol. The summed E-state index contributed by atoms with van der Waals surface area (Å²) in [5, 5.41) is 8.70. The molecule has 1 N–H and O–H groups in total. The number of hydrogen-bond acceptors (Lipinski definition) is 3. The summed E-state index contributed by atoms with van der Waals surface area (Å²) in [6, 6.07) is 0. The molecular weight excluding hydrogens is 168 g/mol.